The number of hydrogen-bond acceptors (Lipinski definition) is 12. The number of hydrogen-bond donors (Lipinski definition) is 2. The van der Waals surface area contributed by atoms with E-state index in [4.69, 9.17) is 43.5 Å². The monoisotopic (exact) mass is 772 g/mol. The molecule has 1 aliphatic heterocycles. The highest BCUT2D eigenvalue weighted by molar-refractivity contribution is 5.85. The van der Waals surface area contributed by atoms with Gasteiger partial charge in [-0.15, -0.1) is 12.4 Å². The number of rotatable bonds is 27. The quantitative estimate of drug-likeness (QED) is 0.0748. The molecule has 0 saturated heterocycles. The smallest absolute Gasteiger partial charge is 0.306 e. The van der Waals surface area contributed by atoms with Crippen LogP contribution in [0.25, 0.3) is 11.3 Å². The second-order valence-corrected chi connectivity index (χ2v) is 13.0. The maximum Gasteiger partial charge on any atom is 0.306 e. The number of aryl methyl sites for hydroxylation is 2. The molecule has 0 aliphatic carbocycles. The second-order valence-electron chi connectivity index (χ2n) is 13.0. The minimum absolute atomic E-state index is 0. The molecule has 1 aliphatic rings. The predicted molar refractivity (Wildman–Crippen MR) is 209 cm³/mol. The number of anilines is 1. The molecule has 13 nitrogen and oxygen atoms in total. The number of carbonyl (C=O) groups is 2. The lowest BCUT2D eigenvalue weighted by Gasteiger charge is -2.23. The van der Waals surface area contributed by atoms with Crippen molar-refractivity contribution in [1.29, 1.82) is 0 Å². The fourth-order valence-electron chi connectivity index (χ4n) is 5.91. The van der Waals surface area contributed by atoms with E-state index in [0.29, 0.717) is 59.4 Å². The van der Waals surface area contributed by atoms with E-state index in [1.54, 1.807) is 0 Å². The first-order valence-electron chi connectivity index (χ1n) is 18.6. The Balaban J connectivity index is 0.00000784. The van der Waals surface area contributed by atoms with Gasteiger partial charge in [0, 0.05) is 36.0 Å². The molecule has 0 fully saturated rings. The number of aromatic nitrogens is 2. The standard InChI is InChI=1S/C40H56N4O9.ClH/c1-44(19-4-3-8-34-14-11-32-7-6-18-41-40(32)42-34)30-33(29-39(47)48-2)37-10-5-9-36(43-37)31-12-15-35(16-13-31)53-28-27-52-26-25-51-24-23-50-22-21-49-20-17-38(45)46;/h5,9-16,33H,3-4,6-8,17-30H2,1-2H3,(H,41,42)(H,45,46);1H/t33-;/m1./s1. The number of nitrogens with one attached hydrogen (secondary N) is 1. The fraction of sp³-hybridized carbons (Fsp3) is 0.550. The Morgan fingerprint density at radius 2 is 1.54 bits per heavy atom. The third-order valence-corrected chi connectivity index (χ3v) is 8.76. The summed E-state index contributed by atoms with van der Waals surface area (Å²) < 4.78 is 32.5. The zero-order chi connectivity index (χ0) is 37.5. The van der Waals surface area contributed by atoms with Gasteiger partial charge in [0.25, 0.3) is 0 Å². The first kappa shape index (κ1) is 44.5. The number of methoxy groups -OCH3 is 1. The average Bonchev–Trinajstić information content (AvgIpc) is 3.17. The molecule has 0 amide bonds. The minimum atomic E-state index is -0.878. The fourth-order valence-corrected chi connectivity index (χ4v) is 5.91. The van der Waals surface area contributed by atoms with Crippen LogP contribution in [0.2, 0.25) is 0 Å². The van der Waals surface area contributed by atoms with Crippen LogP contribution in [0.4, 0.5) is 5.82 Å². The van der Waals surface area contributed by atoms with E-state index >= 15 is 0 Å². The number of carboxylic acid groups (broad SMARTS) is 1. The van der Waals surface area contributed by atoms with Crippen molar-refractivity contribution in [2.45, 2.75) is 50.9 Å². The van der Waals surface area contributed by atoms with Crippen molar-refractivity contribution in [1.82, 2.24) is 14.9 Å². The van der Waals surface area contributed by atoms with Crippen LogP contribution in [0.5, 0.6) is 5.75 Å². The molecule has 1 atom stereocenters. The maximum absolute atomic E-state index is 12.4. The van der Waals surface area contributed by atoms with Crippen molar-refractivity contribution < 1.29 is 43.1 Å². The van der Waals surface area contributed by atoms with Crippen LogP contribution in [0.15, 0.2) is 54.6 Å². The van der Waals surface area contributed by atoms with Gasteiger partial charge in [0.15, 0.2) is 0 Å². The van der Waals surface area contributed by atoms with Crippen LogP contribution < -0.4 is 10.1 Å². The molecular formula is C40H57ClN4O9. The van der Waals surface area contributed by atoms with Crippen molar-refractivity contribution >= 4 is 30.2 Å². The van der Waals surface area contributed by atoms with E-state index in [1.807, 2.05) is 42.5 Å². The van der Waals surface area contributed by atoms with Gasteiger partial charge in [-0.25, -0.2) is 4.98 Å². The summed E-state index contributed by atoms with van der Waals surface area (Å²) in [7, 11) is 3.52. The summed E-state index contributed by atoms with van der Waals surface area (Å²) in [6, 6.07) is 18.1. The van der Waals surface area contributed by atoms with E-state index in [-0.39, 0.29) is 43.7 Å². The van der Waals surface area contributed by atoms with E-state index in [0.717, 1.165) is 79.4 Å². The number of esters is 1. The molecule has 2 N–H and O–H groups in total. The van der Waals surface area contributed by atoms with E-state index < -0.39 is 5.97 Å². The van der Waals surface area contributed by atoms with Gasteiger partial charge in [-0.1, -0.05) is 12.1 Å². The summed E-state index contributed by atoms with van der Waals surface area (Å²) in [6.07, 6.45) is 5.53. The number of ether oxygens (including phenoxy) is 6. The largest absolute Gasteiger partial charge is 0.491 e. The first-order valence-corrected chi connectivity index (χ1v) is 18.6. The molecule has 3 heterocycles. The number of carboxylic acids is 1. The SMILES string of the molecule is COC(=O)C[C@H](CN(C)CCCCc1ccc2c(n1)NCCC2)c1cccc(-c2ccc(OCCOCCOCCOCCOCCC(=O)O)cc2)n1.Cl. The topological polar surface area (TPSA) is 151 Å². The zero-order valence-corrected chi connectivity index (χ0v) is 32.5. The van der Waals surface area contributed by atoms with Crippen LogP contribution >= 0.6 is 12.4 Å². The number of likely N-dealkylation sites (N-methyl/N-ethyl adjacent to an activating group) is 1. The Bertz CT molecular complexity index is 1510. The predicted octanol–water partition coefficient (Wildman–Crippen LogP) is 5.44. The molecule has 0 radical (unpaired) electrons. The minimum Gasteiger partial charge on any atom is -0.491 e. The van der Waals surface area contributed by atoms with Gasteiger partial charge < -0.3 is 43.7 Å². The van der Waals surface area contributed by atoms with Gasteiger partial charge in [-0.05, 0) is 93.7 Å². The Labute approximate surface area is 325 Å². The summed E-state index contributed by atoms with van der Waals surface area (Å²) in [4.78, 5) is 34.9. The lowest BCUT2D eigenvalue weighted by Crippen LogP contribution is -2.28. The summed E-state index contributed by atoms with van der Waals surface area (Å²) >= 11 is 0. The summed E-state index contributed by atoms with van der Waals surface area (Å²) in [6.45, 7) is 6.13. The highest BCUT2D eigenvalue weighted by Crippen LogP contribution is 2.26. The number of carbonyl (C=O) groups excluding carboxylic acids is 1. The molecule has 14 heteroatoms. The van der Waals surface area contributed by atoms with Gasteiger partial charge in [-0.3, -0.25) is 14.6 Å². The molecule has 2 aromatic heterocycles. The number of nitrogens with zero attached hydrogens (tertiary/aromatic N) is 3. The van der Waals surface area contributed by atoms with Crippen LogP contribution in [0.3, 0.4) is 0 Å². The highest BCUT2D eigenvalue weighted by Gasteiger charge is 2.21. The number of halogens is 1. The molecule has 1 aromatic carbocycles. The van der Waals surface area contributed by atoms with Crippen molar-refractivity contribution in [3.8, 4) is 17.0 Å². The molecule has 0 unspecified atom stereocenters. The van der Waals surface area contributed by atoms with Gasteiger partial charge in [0.1, 0.15) is 18.2 Å². The van der Waals surface area contributed by atoms with Crippen LogP contribution in [0, 0.1) is 0 Å². The molecule has 298 valence electrons. The molecule has 4 rings (SSSR count). The maximum atomic E-state index is 12.4. The Hall–Kier alpha value is -3.85. The lowest BCUT2D eigenvalue weighted by molar-refractivity contribution is -0.141. The van der Waals surface area contributed by atoms with Crippen LogP contribution in [0.1, 0.15) is 55.0 Å². The number of aliphatic carboxylic acids is 1. The van der Waals surface area contributed by atoms with Crippen LogP contribution in [-0.4, -0.2) is 125 Å². The highest BCUT2D eigenvalue weighted by atomic mass is 35.5. The molecular weight excluding hydrogens is 716 g/mol. The van der Waals surface area contributed by atoms with Gasteiger partial charge in [0.2, 0.25) is 0 Å². The van der Waals surface area contributed by atoms with Gasteiger partial charge in [0.05, 0.1) is 78.5 Å². The van der Waals surface area contributed by atoms with Crippen LogP contribution in [-0.2, 0) is 46.1 Å². The summed E-state index contributed by atoms with van der Waals surface area (Å²) in [5.74, 6) is 0.550. The van der Waals surface area contributed by atoms with Crippen molar-refractivity contribution in [3.05, 3.63) is 71.5 Å². The number of benzene rings is 1. The first-order chi connectivity index (χ1) is 25.9. The molecule has 0 spiro atoms. The Morgan fingerprint density at radius 3 is 2.22 bits per heavy atom. The lowest BCUT2D eigenvalue weighted by atomic mass is 9.98. The zero-order valence-electron chi connectivity index (χ0n) is 31.7. The molecule has 0 saturated carbocycles. The van der Waals surface area contributed by atoms with E-state index in [1.165, 1.54) is 12.7 Å². The summed E-state index contributed by atoms with van der Waals surface area (Å²) in [5, 5.41) is 12.0. The van der Waals surface area contributed by atoms with Crippen molar-refractivity contribution in [2.24, 2.45) is 0 Å². The normalized spacial score (nSPS) is 12.7. The number of pyridine rings is 2. The third-order valence-electron chi connectivity index (χ3n) is 8.76. The average molecular weight is 773 g/mol. The van der Waals surface area contributed by atoms with E-state index in [2.05, 4.69) is 29.4 Å². The number of unbranched alkanes of at least 4 members (excludes halogenated alkanes) is 1. The molecule has 54 heavy (non-hydrogen) atoms. The van der Waals surface area contributed by atoms with Gasteiger partial charge in [-0.2, -0.15) is 0 Å². The van der Waals surface area contributed by atoms with Crippen molar-refractivity contribution in [2.75, 3.05) is 98.6 Å². The van der Waals surface area contributed by atoms with Crippen molar-refractivity contribution in [3.63, 3.8) is 0 Å². The Kier molecular flexibility index (Phi) is 21.5. The molecule has 3 aromatic rings. The third kappa shape index (κ3) is 17.1. The Morgan fingerprint density at radius 1 is 0.852 bits per heavy atom. The van der Waals surface area contributed by atoms with Gasteiger partial charge >= 0.3 is 11.9 Å². The summed E-state index contributed by atoms with van der Waals surface area (Å²) in [5.41, 5.74) is 5.09. The number of fused-ring (bicyclic) bond motifs is 1. The second kappa shape index (κ2) is 26.0. The van der Waals surface area contributed by atoms with E-state index in [9.17, 15) is 9.59 Å². The molecule has 0 bridgehead atoms.